The first kappa shape index (κ1) is 20.5. The monoisotopic (exact) mass is 396 g/mol. The van der Waals surface area contributed by atoms with Crippen LogP contribution in [0.3, 0.4) is 0 Å². The summed E-state index contributed by atoms with van der Waals surface area (Å²) in [5.74, 6) is 0.686. The van der Waals surface area contributed by atoms with E-state index in [1.54, 1.807) is 24.3 Å². The third kappa shape index (κ3) is 4.96. The first-order valence-electron chi connectivity index (χ1n) is 9.65. The fourth-order valence-corrected chi connectivity index (χ4v) is 2.80. The van der Waals surface area contributed by atoms with Crippen LogP contribution < -0.4 is 14.9 Å². The molecule has 3 aromatic rings. The standard InChI is InChI=1S/C23H24O6/c1-4-11-26-23(25)19(5-2)28-17-9-10-18-20(13-17)27-14-21(22(18)24)29-16-8-6-7-15(3)12-16/h6-10,12-14,19H,4-5,11H2,1-3H3/t19-/m0/s1. The van der Waals surface area contributed by atoms with Crippen molar-refractivity contribution < 1.29 is 23.4 Å². The van der Waals surface area contributed by atoms with E-state index in [0.717, 1.165) is 12.0 Å². The lowest BCUT2D eigenvalue weighted by Crippen LogP contribution is -2.28. The molecule has 152 valence electrons. The number of hydrogen-bond acceptors (Lipinski definition) is 6. The molecular weight excluding hydrogens is 372 g/mol. The summed E-state index contributed by atoms with van der Waals surface area (Å²) < 4.78 is 22.2. The van der Waals surface area contributed by atoms with Crippen molar-refractivity contribution in [3.05, 3.63) is 64.5 Å². The molecule has 1 atom stereocenters. The molecule has 0 saturated carbocycles. The molecule has 0 unspecified atom stereocenters. The summed E-state index contributed by atoms with van der Waals surface area (Å²) in [6.45, 7) is 6.07. The van der Waals surface area contributed by atoms with Crippen LogP contribution >= 0.6 is 0 Å². The van der Waals surface area contributed by atoms with Crippen molar-refractivity contribution in [2.24, 2.45) is 0 Å². The fourth-order valence-electron chi connectivity index (χ4n) is 2.80. The van der Waals surface area contributed by atoms with Gasteiger partial charge in [0.05, 0.1) is 12.0 Å². The highest BCUT2D eigenvalue weighted by atomic mass is 16.6. The van der Waals surface area contributed by atoms with Gasteiger partial charge in [-0.05, 0) is 49.6 Å². The summed E-state index contributed by atoms with van der Waals surface area (Å²) >= 11 is 0. The molecule has 0 aliphatic carbocycles. The van der Waals surface area contributed by atoms with E-state index < -0.39 is 12.1 Å². The van der Waals surface area contributed by atoms with Gasteiger partial charge in [-0.25, -0.2) is 4.79 Å². The highest BCUT2D eigenvalue weighted by Gasteiger charge is 2.20. The van der Waals surface area contributed by atoms with Crippen molar-refractivity contribution in [3.63, 3.8) is 0 Å². The zero-order valence-electron chi connectivity index (χ0n) is 16.8. The van der Waals surface area contributed by atoms with Crippen LogP contribution in [0.15, 0.2) is 57.9 Å². The van der Waals surface area contributed by atoms with E-state index in [2.05, 4.69) is 0 Å². The second-order valence-electron chi connectivity index (χ2n) is 6.69. The molecule has 0 aliphatic rings. The second-order valence-corrected chi connectivity index (χ2v) is 6.69. The summed E-state index contributed by atoms with van der Waals surface area (Å²) in [5.41, 5.74) is 1.09. The Bertz CT molecular complexity index is 1050. The maximum Gasteiger partial charge on any atom is 0.347 e. The van der Waals surface area contributed by atoms with Crippen LogP contribution in [0.1, 0.15) is 32.3 Å². The number of rotatable bonds is 8. The molecule has 0 amide bonds. The first-order valence-corrected chi connectivity index (χ1v) is 9.65. The predicted octanol–water partition coefficient (Wildman–Crippen LogP) is 5.00. The minimum absolute atomic E-state index is 0.103. The highest BCUT2D eigenvalue weighted by Crippen LogP contribution is 2.25. The number of ether oxygens (including phenoxy) is 3. The van der Waals surface area contributed by atoms with Gasteiger partial charge in [0.2, 0.25) is 11.2 Å². The van der Waals surface area contributed by atoms with Crippen LogP contribution in [0.5, 0.6) is 17.2 Å². The van der Waals surface area contributed by atoms with Crippen molar-refractivity contribution in [2.45, 2.75) is 39.7 Å². The number of hydrogen-bond donors (Lipinski definition) is 0. The zero-order valence-corrected chi connectivity index (χ0v) is 16.8. The summed E-state index contributed by atoms with van der Waals surface area (Å²) in [7, 11) is 0. The van der Waals surface area contributed by atoms with Crippen molar-refractivity contribution in [3.8, 4) is 17.2 Å². The Morgan fingerprint density at radius 3 is 2.66 bits per heavy atom. The van der Waals surface area contributed by atoms with Gasteiger partial charge in [-0.1, -0.05) is 26.0 Å². The largest absolute Gasteiger partial charge is 0.479 e. The van der Waals surface area contributed by atoms with E-state index in [4.69, 9.17) is 18.6 Å². The minimum Gasteiger partial charge on any atom is -0.479 e. The van der Waals surface area contributed by atoms with Gasteiger partial charge in [0.1, 0.15) is 23.3 Å². The topological polar surface area (TPSA) is 75.0 Å². The average Bonchev–Trinajstić information content (AvgIpc) is 2.72. The zero-order chi connectivity index (χ0) is 20.8. The number of esters is 1. The Kier molecular flexibility index (Phi) is 6.54. The SMILES string of the molecule is CCCOC(=O)[C@H](CC)Oc1ccc2c(=O)c(Oc3cccc(C)c3)coc2c1. The van der Waals surface area contributed by atoms with E-state index in [-0.39, 0.29) is 11.2 Å². The predicted molar refractivity (Wildman–Crippen MR) is 110 cm³/mol. The average molecular weight is 396 g/mol. The molecule has 6 heteroatoms. The Morgan fingerprint density at radius 2 is 1.93 bits per heavy atom. The molecule has 0 saturated heterocycles. The second kappa shape index (κ2) is 9.28. The lowest BCUT2D eigenvalue weighted by Gasteiger charge is -2.16. The van der Waals surface area contributed by atoms with Crippen molar-refractivity contribution in [1.29, 1.82) is 0 Å². The maximum atomic E-state index is 12.7. The Hall–Kier alpha value is -3.28. The van der Waals surface area contributed by atoms with Gasteiger partial charge in [0.15, 0.2) is 6.10 Å². The van der Waals surface area contributed by atoms with Crippen LogP contribution in [0.4, 0.5) is 0 Å². The molecule has 3 rings (SSSR count). The van der Waals surface area contributed by atoms with Gasteiger partial charge < -0.3 is 18.6 Å². The van der Waals surface area contributed by atoms with Gasteiger partial charge in [-0.2, -0.15) is 0 Å². The number of carbonyl (C=O) groups excluding carboxylic acids is 1. The molecule has 0 bridgehead atoms. The van der Waals surface area contributed by atoms with E-state index in [1.165, 1.54) is 6.26 Å². The van der Waals surface area contributed by atoms with Gasteiger partial charge in [0.25, 0.3) is 0 Å². The van der Waals surface area contributed by atoms with Gasteiger partial charge in [0, 0.05) is 6.07 Å². The molecule has 0 radical (unpaired) electrons. The molecule has 29 heavy (non-hydrogen) atoms. The van der Waals surface area contributed by atoms with Crippen LogP contribution in [0, 0.1) is 6.92 Å². The van der Waals surface area contributed by atoms with Crippen molar-refractivity contribution >= 4 is 16.9 Å². The molecule has 0 aliphatic heterocycles. The highest BCUT2D eigenvalue weighted by molar-refractivity contribution is 5.79. The van der Waals surface area contributed by atoms with Crippen molar-refractivity contribution in [1.82, 2.24) is 0 Å². The van der Waals surface area contributed by atoms with Crippen LogP contribution in [0.2, 0.25) is 0 Å². The number of aryl methyl sites for hydroxylation is 1. The summed E-state index contributed by atoms with van der Waals surface area (Å²) in [4.78, 5) is 24.8. The van der Waals surface area contributed by atoms with E-state index in [9.17, 15) is 9.59 Å². The smallest absolute Gasteiger partial charge is 0.347 e. The third-order valence-corrected chi connectivity index (χ3v) is 4.29. The normalized spacial score (nSPS) is 11.8. The summed E-state index contributed by atoms with van der Waals surface area (Å²) in [5, 5.41) is 0.365. The van der Waals surface area contributed by atoms with E-state index in [1.807, 2.05) is 39.0 Å². The maximum absolute atomic E-state index is 12.7. The fraction of sp³-hybridized carbons (Fsp3) is 0.304. The summed E-state index contributed by atoms with van der Waals surface area (Å²) in [6.07, 6.45) is 1.78. The molecule has 6 nitrogen and oxygen atoms in total. The molecule has 2 aromatic carbocycles. The Labute approximate surface area is 169 Å². The van der Waals surface area contributed by atoms with Crippen molar-refractivity contribution in [2.75, 3.05) is 6.61 Å². The Morgan fingerprint density at radius 1 is 1.10 bits per heavy atom. The lowest BCUT2D eigenvalue weighted by molar-refractivity contribution is -0.152. The van der Waals surface area contributed by atoms with E-state index in [0.29, 0.717) is 35.5 Å². The van der Waals surface area contributed by atoms with Crippen LogP contribution in [-0.2, 0) is 9.53 Å². The lowest BCUT2D eigenvalue weighted by atomic mass is 10.2. The van der Waals surface area contributed by atoms with E-state index >= 15 is 0 Å². The third-order valence-electron chi connectivity index (χ3n) is 4.29. The van der Waals surface area contributed by atoms with Gasteiger partial charge in [-0.3, -0.25) is 4.79 Å². The minimum atomic E-state index is -0.713. The quantitative estimate of drug-likeness (QED) is 0.499. The molecule has 0 spiro atoms. The summed E-state index contributed by atoms with van der Waals surface area (Å²) in [6, 6.07) is 12.2. The van der Waals surface area contributed by atoms with Gasteiger partial charge >= 0.3 is 5.97 Å². The number of carbonyl (C=O) groups is 1. The van der Waals surface area contributed by atoms with Crippen LogP contribution in [0.25, 0.3) is 11.0 Å². The first-order chi connectivity index (χ1) is 14.0. The number of benzene rings is 2. The molecule has 0 N–H and O–H groups in total. The van der Waals surface area contributed by atoms with Gasteiger partial charge in [-0.15, -0.1) is 0 Å². The molecular formula is C23H24O6. The molecule has 1 aromatic heterocycles. The molecule has 0 fully saturated rings. The van der Waals surface area contributed by atoms with Crippen LogP contribution in [-0.4, -0.2) is 18.7 Å². The Balaban J connectivity index is 1.82. The number of fused-ring (bicyclic) bond motifs is 1. The molecule has 1 heterocycles.